The maximum atomic E-state index is 8.96. The summed E-state index contributed by atoms with van der Waals surface area (Å²) in [6.07, 6.45) is 4.62. The van der Waals surface area contributed by atoms with Crippen LogP contribution < -0.4 is 10.6 Å². The Bertz CT molecular complexity index is 356. The number of β-amino-alcohol motifs (C(OH)–C–C–N with tert-alkyl or cyclic N) is 1. The number of anilines is 1. The summed E-state index contributed by atoms with van der Waals surface area (Å²) >= 11 is 0. The fourth-order valence-corrected chi connectivity index (χ4v) is 2.18. The Labute approximate surface area is 107 Å². The number of hydrogen-bond donors (Lipinski definition) is 2. The van der Waals surface area contributed by atoms with E-state index in [9.17, 15) is 0 Å². The lowest BCUT2D eigenvalue weighted by Gasteiger charge is -2.22. The molecule has 1 aromatic rings. The zero-order chi connectivity index (χ0) is 12.8. The van der Waals surface area contributed by atoms with E-state index in [1.807, 2.05) is 0 Å². The normalized spacial score (nSPS) is 17.8. The molecule has 0 aliphatic carbocycles. The van der Waals surface area contributed by atoms with E-state index in [4.69, 9.17) is 10.8 Å². The van der Waals surface area contributed by atoms with Gasteiger partial charge in [0, 0.05) is 32.7 Å². The average molecular weight is 251 g/mol. The molecule has 100 valence electrons. The summed E-state index contributed by atoms with van der Waals surface area (Å²) in [5, 5.41) is 8.96. The number of aromatic nitrogens is 2. The highest BCUT2D eigenvalue weighted by Gasteiger charge is 2.15. The molecular weight excluding hydrogens is 230 g/mol. The van der Waals surface area contributed by atoms with E-state index in [2.05, 4.69) is 19.8 Å². The van der Waals surface area contributed by atoms with Gasteiger partial charge < -0.3 is 15.7 Å². The fraction of sp³-hybridized carbons (Fsp3) is 0.667. The van der Waals surface area contributed by atoms with Crippen LogP contribution in [0.1, 0.15) is 12.1 Å². The molecule has 0 unspecified atom stereocenters. The van der Waals surface area contributed by atoms with Crippen molar-refractivity contribution < 1.29 is 5.11 Å². The van der Waals surface area contributed by atoms with Gasteiger partial charge in [-0.25, -0.2) is 4.98 Å². The SMILES string of the molecule is NCc1cnc(N2CCCN(CCO)CC2)cn1. The minimum atomic E-state index is 0.227. The first-order chi connectivity index (χ1) is 8.83. The molecule has 1 saturated heterocycles. The predicted octanol–water partition coefficient (Wildman–Crippen LogP) is -0.560. The molecule has 0 atom stereocenters. The van der Waals surface area contributed by atoms with Gasteiger partial charge in [0.1, 0.15) is 5.82 Å². The first-order valence-corrected chi connectivity index (χ1v) is 6.42. The first kappa shape index (κ1) is 13.2. The van der Waals surface area contributed by atoms with Crippen molar-refractivity contribution in [3.05, 3.63) is 18.1 Å². The van der Waals surface area contributed by atoms with Crippen molar-refractivity contribution >= 4 is 5.82 Å². The number of aliphatic hydroxyl groups excluding tert-OH is 1. The molecule has 0 amide bonds. The average Bonchev–Trinajstić information content (AvgIpc) is 2.65. The zero-order valence-corrected chi connectivity index (χ0v) is 10.6. The molecule has 1 aromatic heterocycles. The quantitative estimate of drug-likeness (QED) is 0.747. The molecule has 6 nitrogen and oxygen atoms in total. The Kier molecular flexibility index (Phi) is 4.86. The van der Waals surface area contributed by atoms with Crippen LogP contribution in [0.5, 0.6) is 0 Å². The molecule has 0 radical (unpaired) electrons. The Hall–Kier alpha value is -1.24. The van der Waals surface area contributed by atoms with Crippen molar-refractivity contribution in [2.75, 3.05) is 44.2 Å². The molecule has 2 rings (SSSR count). The summed E-state index contributed by atoms with van der Waals surface area (Å²) in [4.78, 5) is 13.2. The Balaban J connectivity index is 1.96. The Morgan fingerprint density at radius 1 is 1.17 bits per heavy atom. The van der Waals surface area contributed by atoms with Crippen molar-refractivity contribution in [3.63, 3.8) is 0 Å². The van der Waals surface area contributed by atoms with Gasteiger partial charge in [-0.05, 0) is 13.0 Å². The lowest BCUT2D eigenvalue weighted by molar-refractivity contribution is 0.204. The summed E-state index contributed by atoms with van der Waals surface area (Å²) in [6, 6.07) is 0. The minimum absolute atomic E-state index is 0.227. The van der Waals surface area contributed by atoms with Gasteiger partial charge in [-0.3, -0.25) is 9.88 Å². The molecular formula is C12H21N5O. The Morgan fingerprint density at radius 3 is 2.72 bits per heavy atom. The van der Waals surface area contributed by atoms with Crippen molar-refractivity contribution in [2.24, 2.45) is 5.73 Å². The summed E-state index contributed by atoms with van der Waals surface area (Å²) < 4.78 is 0. The van der Waals surface area contributed by atoms with E-state index in [0.717, 1.165) is 50.7 Å². The lowest BCUT2D eigenvalue weighted by Crippen LogP contribution is -2.32. The van der Waals surface area contributed by atoms with Gasteiger partial charge in [0.15, 0.2) is 0 Å². The van der Waals surface area contributed by atoms with E-state index < -0.39 is 0 Å². The highest BCUT2D eigenvalue weighted by molar-refractivity contribution is 5.35. The van der Waals surface area contributed by atoms with Crippen LogP contribution in [0.2, 0.25) is 0 Å². The third-order valence-electron chi connectivity index (χ3n) is 3.23. The third-order valence-corrected chi connectivity index (χ3v) is 3.23. The van der Waals surface area contributed by atoms with E-state index in [-0.39, 0.29) is 6.61 Å². The van der Waals surface area contributed by atoms with Crippen molar-refractivity contribution in [1.29, 1.82) is 0 Å². The third kappa shape index (κ3) is 3.38. The van der Waals surface area contributed by atoms with Gasteiger partial charge in [0.05, 0.1) is 24.7 Å². The van der Waals surface area contributed by atoms with Gasteiger partial charge in [-0.2, -0.15) is 0 Å². The number of aliphatic hydroxyl groups is 1. The molecule has 1 aliphatic heterocycles. The van der Waals surface area contributed by atoms with E-state index in [0.29, 0.717) is 6.54 Å². The van der Waals surface area contributed by atoms with Crippen LogP contribution in [0.4, 0.5) is 5.82 Å². The van der Waals surface area contributed by atoms with Gasteiger partial charge in [-0.15, -0.1) is 0 Å². The van der Waals surface area contributed by atoms with Crippen LogP contribution in [-0.4, -0.2) is 59.3 Å². The summed E-state index contributed by atoms with van der Waals surface area (Å²) in [6.45, 7) is 5.32. The van der Waals surface area contributed by atoms with Crippen LogP contribution in [-0.2, 0) is 6.54 Å². The zero-order valence-electron chi connectivity index (χ0n) is 10.6. The minimum Gasteiger partial charge on any atom is -0.395 e. The van der Waals surface area contributed by atoms with E-state index in [1.54, 1.807) is 12.4 Å². The van der Waals surface area contributed by atoms with Crippen LogP contribution in [0.25, 0.3) is 0 Å². The van der Waals surface area contributed by atoms with Gasteiger partial charge >= 0.3 is 0 Å². The topological polar surface area (TPSA) is 78.5 Å². The second-order valence-corrected chi connectivity index (χ2v) is 4.48. The fourth-order valence-electron chi connectivity index (χ4n) is 2.18. The molecule has 18 heavy (non-hydrogen) atoms. The standard InChI is InChI=1S/C12H21N5O/c13-8-11-9-15-12(10-14-11)17-3-1-2-16(4-5-17)6-7-18/h9-10,18H,1-8,13H2. The van der Waals surface area contributed by atoms with E-state index in [1.165, 1.54) is 0 Å². The molecule has 0 saturated carbocycles. The highest BCUT2D eigenvalue weighted by atomic mass is 16.3. The van der Waals surface area contributed by atoms with Crippen LogP contribution in [0.15, 0.2) is 12.4 Å². The maximum absolute atomic E-state index is 8.96. The number of nitrogens with zero attached hydrogens (tertiary/aromatic N) is 4. The van der Waals surface area contributed by atoms with Gasteiger partial charge in [-0.1, -0.05) is 0 Å². The van der Waals surface area contributed by atoms with Crippen molar-refractivity contribution in [3.8, 4) is 0 Å². The van der Waals surface area contributed by atoms with Crippen molar-refractivity contribution in [2.45, 2.75) is 13.0 Å². The molecule has 3 N–H and O–H groups in total. The summed E-state index contributed by atoms with van der Waals surface area (Å²) in [5.74, 6) is 0.915. The number of nitrogens with two attached hydrogens (primary N) is 1. The predicted molar refractivity (Wildman–Crippen MR) is 70.3 cm³/mol. The van der Waals surface area contributed by atoms with Gasteiger partial charge in [0.2, 0.25) is 0 Å². The second kappa shape index (κ2) is 6.63. The first-order valence-electron chi connectivity index (χ1n) is 6.42. The monoisotopic (exact) mass is 251 g/mol. The maximum Gasteiger partial charge on any atom is 0.147 e. The van der Waals surface area contributed by atoms with Gasteiger partial charge in [0.25, 0.3) is 0 Å². The highest BCUT2D eigenvalue weighted by Crippen LogP contribution is 2.12. The van der Waals surface area contributed by atoms with Crippen LogP contribution >= 0.6 is 0 Å². The van der Waals surface area contributed by atoms with Crippen molar-refractivity contribution in [1.82, 2.24) is 14.9 Å². The molecule has 0 spiro atoms. The number of hydrogen-bond acceptors (Lipinski definition) is 6. The summed E-state index contributed by atoms with van der Waals surface area (Å²) in [7, 11) is 0. The van der Waals surface area contributed by atoms with E-state index >= 15 is 0 Å². The second-order valence-electron chi connectivity index (χ2n) is 4.48. The molecule has 0 aromatic carbocycles. The van der Waals surface area contributed by atoms with Crippen LogP contribution in [0, 0.1) is 0 Å². The Morgan fingerprint density at radius 2 is 2.06 bits per heavy atom. The number of rotatable bonds is 4. The summed E-state index contributed by atoms with van der Waals surface area (Å²) in [5.41, 5.74) is 6.32. The smallest absolute Gasteiger partial charge is 0.147 e. The largest absolute Gasteiger partial charge is 0.395 e. The molecule has 2 heterocycles. The molecule has 6 heteroatoms. The molecule has 1 fully saturated rings. The molecule has 0 bridgehead atoms. The van der Waals surface area contributed by atoms with Crippen LogP contribution in [0.3, 0.4) is 0 Å². The lowest BCUT2D eigenvalue weighted by atomic mass is 10.4. The molecule has 1 aliphatic rings.